The highest BCUT2D eigenvalue weighted by Gasteiger charge is 2.26. The average Bonchev–Trinajstić information content (AvgIpc) is 3.03. The van der Waals surface area contributed by atoms with E-state index in [1.165, 1.54) is 11.8 Å². The minimum Gasteiger partial charge on any atom is -0.286 e. The molecule has 1 aliphatic rings. The van der Waals surface area contributed by atoms with Gasteiger partial charge in [0.05, 0.1) is 17.1 Å². The third-order valence-electron chi connectivity index (χ3n) is 3.46. The molecule has 124 valence electrons. The fraction of sp³-hybridized carbons (Fsp3) is 0.176. The number of benzene rings is 2. The maximum Gasteiger partial charge on any atom is 0.261 e. The lowest BCUT2D eigenvalue weighted by molar-refractivity contribution is 0.0861. The van der Waals surface area contributed by atoms with Crippen LogP contribution in [0.4, 0.5) is 0 Å². The molecule has 0 bridgehead atoms. The highest BCUT2D eigenvalue weighted by Crippen LogP contribution is 2.26. The SMILES string of the molecule is O=C(c1cc(Cl)ccc1Cl)N1CCN=C1SCc1cccc(Cl)c1. The number of rotatable bonds is 3. The molecule has 0 atom stereocenters. The number of nitrogens with zero attached hydrogens (tertiary/aromatic N) is 2. The predicted octanol–water partition coefficient (Wildman–Crippen LogP) is 5.39. The Bertz CT molecular complexity index is 810. The van der Waals surface area contributed by atoms with Crippen LogP contribution < -0.4 is 0 Å². The van der Waals surface area contributed by atoms with Crippen LogP contribution in [0.1, 0.15) is 15.9 Å². The maximum atomic E-state index is 12.8. The Kier molecular flexibility index (Phi) is 5.72. The lowest BCUT2D eigenvalue weighted by Crippen LogP contribution is -2.33. The molecule has 0 unspecified atom stereocenters. The molecule has 1 amide bonds. The van der Waals surface area contributed by atoms with E-state index in [9.17, 15) is 4.79 Å². The molecule has 0 aromatic heterocycles. The lowest BCUT2D eigenvalue weighted by atomic mass is 10.2. The Morgan fingerprint density at radius 2 is 1.92 bits per heavy atom. The fourth-order valence-corrected chi connectivity index (χ4v) is 3.89. The van der Waals surface area contributed by atoms with Crippen molar-refractivity contribution in [1.29, 1.82) is 0 Å². The van der Waals surface area contributed by atoms with E-state index in [0.29, 0.717) is 44.6 Å². The molecule has 3 rings (SSSR count). The quantitative estimate of drug-likeness (QED) is 0.693. The molecule has 3 nitrogen and oxygen atoms in total. The van der Waals surface area contributed by atoms with Gasteiger partial charge in [0.2, 0.25) is 0 Å². The summed E-state index contributed by atoms with van der Waals surface area (Å²) in [7, 11) is 0. The van der Waals surface area contributed by atoms with Gasteiger partial charge in [0.1, 0.15) is 0 Å². The first-order valence-electron chi connectivity index (χ1n) is 7.23. The molecule has 7 heteroatoms. The largest absolute Gasteiger partial charge is 0.286 e. The van der Waals surface area contributed by atoms with E-state index in [1.54, 1.807) is 23.1 Å². The first-order valence-corrected chi connectivity index (χ1v) is 9.35. The van der Waals surface area contributed by atoms with Crippen molar-refractivity contribution >= 4 is 57.6 Å². The van der Waals surface area contributed by atoms with Gasteiger partial charge in [0.15, 0.2) is 5.17 Å². The molecule has 0 saturated heterocycles. The summed E-state index contributed by atoms with van der Waals surface area (Å²) in [6.45, 7) is 1.13. The van der Waals surface area contributed by atoms with E-state index in [2.05, 4.69) is 4.99 Å². The number of aliphatic imine (C=N–C) groups is 1. The molecule has 0 saturated carbocycles. The van der Waals surface area contributed by atoms with E-state index in [0.717, 1.165) is 5.56 Å². The molecule has 0 fully saturated rings. The van der Waals surface area contributed by atoms with Crippen molar-refractivity contribution in [3.63, 3.8) is 0 Å². The monoisotopic (exact) mass is 398 g/mol. The topological polar surface area (TPSA) is 32.7 Å². The molecule has 2 aromatic rings. The second-order valence-corrected chi connectivity index (χ2v) is 7.39. The van der Waals surface area contributed by atoms with Gasteiger partial charge < -0.3 is 0 Å². The van der Waals surface area contributed by atoms with Gasteiger partial charge >= 0.3 is 0 Å². The standard InChI is InChI=1S/C17H13Cl3N2OS/c18-12-3-1-2-11(8-12)10-24-17-21-6-7-22(17)16(23)14-9-13(19)4-5-15(14)20/h1-5,8-9H,6-7,10H2. The summed E-state index contributed by atoms with van der Waals surface area (Å²) >= 11 is 19.6. The second-order valence-electron chi connectivity index (χ2n) is 5.16. The zero-order valence-corrected chi connectivity index (χ0v) is 15.6. The normalized spacial score (nSPS) is 14.0. The average molecular weight is 400 g/mol. The Balaban J connectivity index is 1.73. The van der Waals surface area contributed by atoms with Gasteiger partial charge in [-0.05, 0) is 35.9 Å². The first kappa shape index (κ1) is 17.6. The molecule has 24 heavy (non-hydrogen) atoms. The van der Waals surface area contributed by atoms with Crippen LogP contribution in [0.2, 0.25) is 15.1 Å². The van der Waals surface area contributed by atoms with Gasteiger partial charge in [0.25, 0.3) is 5.91 Å². The van der Waals surface area contributed by atoms with Crippen LogP contribution in [-0.2, 0) is 5.75 Å². The summed E-state index contributed by atoms with van der Waals surface area (Å²) in [6.07, 6.45) is 0. The smallest absolute Gasteiger partial charge is 0.261 e. The summed E-state index contributed by atoms with van der Waals surface area (Å²) in [4.78, 5) is 18.8. The molecular formula is C17H13Cl3N2OS. The Morgan fingerprint density at radius 3 is 2.71 bits per heavy atom. The first-order chi connectivity index (χ1) is 11.5. The van der Waals surface area contributed by atoms with Crippen LogP contribution in [0.25, 0.3) is 0 Å². The van der Waals surface area contributed by atoms with E-state index in [4.69, 9.17) is 34.8 Å². The van der Waals surface area contributed by atoms with Crippen molar-refractivity contribution < 1.29 is 4.79 Å². The zero-order valence-electron chi connectivity index (χ0n) is 12.5. The number of hydrogen-bond donors (Lipinski definition) is 0. The van der Waals surface area contributed by atoms with Gasteiger partial charge in [-0.25, -0.2) is 0 Å². The number of amidine groups is 1. The number of amides is 1. The van der Waals surface area contributed by atoms with Gasteiger partial charge in [0, 0.05) is 22.3 Å². The van der Waals surface area contributed by atoms with E-state index >= 15 is 0 Å². The van der Waals surface area contributed by atoms with Crippen LogP contribution >= 0.6 is 46.6 Å². The number of thioether (sulfide) groups is 1. The van der Waals surface area contributed by atoms with Crippen LogP contribution in [0.15, 0.2) is 47.5 Å². The second kappa shape index (κ2) is 7.79. The molecule has 1 heterocycles. The summed E-state index contributed by atoms with van der Waals surface area (Å²) in [5.41, 5.74) is 1.47. The number of halogens is 3. The third-order valence-corrected chi connectivity index (χ3v) is 5.35. The van der Waals surface area contributed by atoms with Crippen molar-refractivity contribution in [2.75, 3.05) is 13.1 Å². The van der Waals surface area contributed by atoms with Gasteiger partial charge in [-0.2, -0.15) is 0 Å². The number of carbonyl (C=O) groups excluding carboxylic acids is 1. The molecule has 0 spiro atoms. The van der Waals surface area contributed by atoms with E-state index in [-0.39, 0.29) is 5.91 Å². The molecule has 0 N–H and O–H groups in total. The Hall–Kier alpha value is -1.20. The summed E-state index contributed by atoms with van der Waals surface area (Å²) in [6, 6.07) is 12.5. The highest BCUT2D eigenvalue weighted by atomic mass is 35.5. The lowest BCUT2D eigenvalue weighted by Gasteiger charge is -2.18. The summed E-state index contributed by atoms with van der Waals surface area (Å²) < 4.78 is 0. The maximum absolute atomic E-state index is 12.8. The number of hydrogen-bond acceptors (Lipinski definition) is 3. The van der Waals surface area contributed by atoms with Gasteiger partial charge in [-0.15, -0.1) is 0 Å². The highest BCUT2D eigenvalue weighted by molar-refractivity contribution is 8.13. The van der Waals surface area contributed by atoms with Crippen molar-refractivity contribution in [2.24, 2.45) is 4.99 Å². The molecule has 1 aliphatic heterocycles. The predicted molar refractivity (Wildman–Crippen MR) is 103 cm³/mol. The molecular weight excluding hydrogens is 387 g/mol. The van der Waals surface area contributed by atoms with Crippen molar-refractivity contribution in [1.82, 2.24) is 4.90 Å². The third kappa shape index (κ3) is 4.06. The van der Waals surface area contributed by atoms with Gasteiger partial charge in [-0.1, -0.05) is 58.7 Å². The Labute approximate surface area is 159 Å². The van der Waals surface area contributed by atoms with Crippen LogP contribution in [0, 0.1) is 0 Å². The minimum atomic E-state index is -0.183. The van der Waals surface area contributed by atoms with E-state index in [1.807, 2.05) is 24.3 Å². The molecule has 0 aliphatic carbocycles. The number of carbonyl (C=O) groups is 1. The van der Waals surface area contributed by atoms with Crippen molar-refractivity contribution in [2.45, 2.75) is 5.75 Å². The molecule has 0 radical (unpaired) electrons. The van der Waals surface area contributed by atoms with Crippen LogP contribution in [0.3, 0.4) is 0 Å². The zero-order chi connectivity index (χ0) is 17.1. The summed E-state index contributed by atoms with van der Waals surface area (Å²) in [5, 5.41) is 2.25. The van der Waals surface area contributed by atoms with Crippen molar-refractivity contribution in [3.05, 3.63) is 68.7 Å². The fourth-order valence-electron chi connectivity index (χ4n) is 2.32. The van der Waals surface area contributed by atoms with E-state index < -0.39 is 0 Å². The Morgan fingerprint density at radius 1 is 1.12 bits per heavy atom. The van der Waals surface area contributed by atoms with Crippen LogP contribution in [-0.4, -0.2) is 29.1 Å². The minimum absolute atomic E-state index is 0.183. The van der Waals surface area contributed by atoms with Crippen LogP contribution in [0.5, 0.6) is 0 Å². The van der Waals surface area contributed by atoms with Crippen molar-refractivity contribution in [3.8, 4) is 0 Å². The molecule has 2 aromatic carbocycles. The van der Waals surface area contributed by atoms with Gasteiger partial charge in [-0.3, -0.25) is 14.7 Å². The summed E-state index contributed by atoms with van der Waals surface area (Å²) in [5.74, 6) is 0.504.